The molecule has 11 aromatic heterocycles. The van der Waals surface area contributed by atoms with Gasteiger partial charge in [-0.1, -0.05) is 185 Å². The highest BCUT2D eigenvalue weighted by Crippen LogP contribution is 2.42. The van der Waals surface area contributed by atoms with Gasteiger partial charge in [-0.05, 0) is 166 Å². The van der Waals surface area contributed by atoms with Crippen molar-refractivity contribution in [3.8, 4) is 56.4 Å². The van der Waals surface area contributed by atoms with Gasteiger partial charge in [0.25, 0.3) is 17.7 Å². The number of nitrogen functional groups attached to an aromatic ring is 4. The van der Waals surface area contributed by atoms with Crippen molar-refractivity contribution in [3.05, 3.63) is 292 Å². The molecule has 0 fully saturated rings. The summed E-state index contributed by atoms with van der Waals surface area (Å²) in [4.78, 5) is 97.2. The van der Waals surface area contributed by atoms with Crippen LogP contribution in [0.1, 0.15) is 181 Å². The number of Topliss-reactive ketones (excluding diaryl/α,β-unsaturated/α-hetero) is 1. The van der Waals surface area contributed by atoms with Crippen molar-refractivity contribution in [2.45, 2.75) is 184 Å². The van der Waals surface area contributed by atoms with Crippen LogP contribution < -0.4 is 44.2 Å². The molecule has 0 aliphatic rings. The Bertz CT molecular complexity index is 7700. The number of unbranched alkanes of at least 4 members (excludes halogenated alkanes) is 1. The van der Waals surface area contributed by atoms with E-state index in [9.17, 15) is 50.3 Å². The van der Waals surface area contributed by atoms with E-state index in [4.69, 9.17) is 43.3 Å². The number of aromatic nitrogens is 22. The van der Waals surface area contributed by atoms with Crippen LogP contribution in [0.3, 0.4) is 0 Å². The van der Waals surface area contributed by atoms with Crippen LogP contribution in [0.2, 0.25) is 0 Å². The van der Waals surface area contributed by atoms with Crippen molar-refractivity contribution in [1.29, 1.82) is 0 Å². The van der Waals surface area contributed by atoms with E-state index in [0.717, 1.165) is 101 Å². The summed E-state index contributed by atoms with van der Waals surface area (Å²) in [5.74, 6) is -0.695. The van der Waals surface area contributed by atoms with Gasteiger partial charge in [0.2, 0.25) is 5.91 Å². The number of nitrogens with two attached hydrogens (primary N) is 4. The number of benzene rings is 7. The van der Waals surface area contributed by atoms with E-state index in [1.54, 1.807) is 72.9 Å². The molecule has 149 heavy (non-hydrogen) atoms. The molecule has 0 spiro atoms. The standard InChI is InChI=1S/C29H32N8O.2C28H27F3N8O.C23H30N6O2/c1-18-6-10-21(11-7-18)15-36-23(14-20(3)34-36)28(38)31-16-29(4,5)37-27-24(26(30)32-17-33-27)25(35-37)22-12-8-19(2)9-13-22;2*1-16-5-9-18(10-6-16)22-21-24(32)34-15-35-25(21)39(37-22)27(3,4)14-33-26(40)20-13-36-38(23(20)28(29,30)31)19-11-7-17(2)8-12-19;1-15-9-11-17(12-10-15)20-19-21(24)26-14-27-22(19)29(28-20)23(3,4)13-25-18(31)8-6-5-7-16(2)30/h6-14,17H,15-16H2,1-5H3,(H,31,38)(H2,30,32,33);2*5-13,15H,14H2,1-4H3,(H,33,40)(H2,32,34,35);9-12,14H,5-8,13H2,1-4H3,(H,25,31)(H2,24,26,27). The zero-order valence-electron chi connectivity index (χ0n) is 85.5. The number of hydrogen-bond acceptors (Lipinski definition) is 24. The Labute approximate surface area is 854 Å². The summed E-state index contributed by atoms with van der Waals surface area (Å²) in [6.07, 6.45) is 0.0525. The Hall–Kier alpha value is -17.3. The third-order valence-corrected chi connectivity index (χ3v) is 25.2. The number of halogens is 6. The molecule has 0 radical (unpaired) electrons. The van der Waals surface area contributed by atoms with E-state index in [1.165, 1.54) is 55.1 Å². The maximum absolute atomic E-state index is 14.1. The number of rotatable bonds is 28. The first-order valence-corrected chi connectivity index (χ1v) is 48.0. The smallest absolute Gasteiger partial charge is 0.383 e. The second kappa shape index (κ2) is 43.2. The first-order chi connectivity index (χ1) is 70.5. The maximum atomic E-state index is 14.1. The monoisotopic (exact) mass is 2030 g/mol. The molecule has 35 nitrogen and oxygen atoms in total. The predicted octanol–water partition coefficient (Wildman–Crippen LogP) is 17.9. The van der Waals surface area contributed by atoms with Crippen LogP contribution in [0.25, 0.3) is 101 Å². The summed E-state index contributed by atoms with van der Waals surface area (Å²) in [5.41, 5.74) is 36.7. The van der Waals surface area contributed by atoms with E-state index >= 15 is 0 Å². The highest BCUT2D eigenvalue weighted by molar-refractivity contribution is 6.03. The van der Waals surface area contributed by atoms with Crippen LogP contribution in [-0.2, 0) is 50.6 Å². The van der Waals surface area contributed by atoms with Gasteiger partial charge in [-0.25, -0.2) is 68.0 Å². The van der Waals surface area contributed by atoms with Crippen molar-refractivity contribution >= 4 is 96.8 Å². The minimum atomic E-state index is -4.82. The number of amides is 4. The van der Waals surface area contributed by atoms with Crippen LogP contribution in [0, 0.1) is 55.4 Å². The molecular formula is C108H116F6N30O5. The Morgan fingerprint density at radius 3 is 0.893 bits per heavy atom. The molecule has 0 atom stereocenters. The molecule has 770 valence electrons. The molecule has 0 saturated carbocycles. The van der Waals surface area contributed by atoms with Crippen molar-refractivity contribution in [1.82, 2.24) is 130 Å². The lowest BCUT2D eigenvalue weighted by Gasteiger charge is -2.26. The molecule has 0 aliphatic carbocycles. The Balaban J connectivity index is 0.000000149. The Morgan fingerprint density at radius 2 is 0.604 bits per heavy atom. The van der Waals surface area contributed by atoms with Crippen molar-refractivity contribution in [2.75, 3.05) is 49.1 Å². The van der Waals surface area contributed by atoms with Crippen molar-refractivity contribution in [3.63, 3.8) is 0 Å². The van der Waals surface area contributed by atoms with Crippen molar-refractivity contribution in [2.24, 2.45) is 0 Å². The van der Waals surface area contributed by atoms with Gasteiger partial charge in [0.05, 0.1) is 90.8 Å². The summed E-state index contributed by atoms with van der Waals surface area (Å²) in [6, 6.07) is 54.4. The fraction of sp³-hybridized carbons (Fsp3) is 0.296. The summed E-state index contributed by atoms with van der Waals surface area (Å²) < 4.78 is 94.8. The molecule has 41 heteroatoms. The van der Waals surface area contributed by atoms with Crippen LogP contribution >= 0.6 is 0 Å². The molecule has 0 saturated heterocycles. The molecule has 0 unspecified atom stereocenters. The fourth-order valence-corrected chi connectivity index (χ4v) is 16.8. The van der Waals surface area contributed by atoms with Gasteiger partial charge in [-0.3, -0.25) is 23.9 Å². The molecule has 0 aliphatic heterocycles. The molecule has 18 aromatic rings. The van der Waals surface area contributed by atoms with Crippen LogP contribution in [0.15, 0.2) is 214 Å². The second-order valence-corrected chi connectivity index (χ2v) is 39.4. The second-order valence-electron chi connectivity index (χ2n) is 39.4. The minimum Gasteiger partial charge on any atom is -0.383 e. The van der Waals surface area contributed by atoms with Gasteiger partial charge in [0.1, 0.15) is 82.8 Å². The molecule has 11 heterocycles. The fourth-order valence-electron chi connectivity index (χ4n) is 16.8. The number of carbonyl (C=O) groups is 5. The van der Waals surface area contributed by atoms with E-state index in [-0.39, 0.29) is 53.7 Å². The Kier molecular flexibility index (Phi) is 30.7. The number of carbonyl (C=O) groups excluding carboxylic acids is 5. The first-order valence-electron chi connectivity index (χ1n) is 48.0. The van der Waals surface area contributed by atoms with Crippen LogP contribution in [0.4, 0.5) is 49.6 Å². The topological polar surface area (TPSA) is 465 Å². The lowest BCUT2D eigenvalue weighted by molar-refractivity contribution is -0.143. The van der Waals surface area contributed by atoms with Gasteiger partial charge in [0.15, 0.2) is 34.0 Å². The average molecular weight is 2030 g/mol. The number of aryl methyl sites for hydroxylation is 8. The normalized spacial score (nSPS) is 11.9. The molecule has 7 aromatic carbocycles. The highest BCUT2D eigenvalue weighted by atomic mass is 19.4. The number of fused-ring (bicyclic) bond motifs is 4. The third kappa shape index (κ3) is 23.8. The number of nitrogens with one attached hydrogen (secondary N) is 4. The van der Waals surface area contributed by atoms with E-state index in [2.05, 4.69) is 108 Å². The third-order valence-electron chi connectivity index (χ3n) is 25.2. The maximum Gasteiger partial charge on any atom is 0.434 e. The van der Waals surface area contributed by atoms with Crippen molar-refractivity contribution < 1.29 is 50.3 Å². The first kappa shape index (κ1) is 106. The SMILES string of the molecule is CC(=O)CCCCC(=O)NCC(C)(C)n1nc(-c2ccc(C)cc2)c2c(N)ncnc21.Cc1ccc(-c2nn(C(C)(C)CNC(=O)c3cnn(-c4ccc(C)cc4)c3C(F)(F)F)c3ncnc(N)c23)cc1.Cc1ccc(-c2nn(C(C)(C)CNC(=O)c3cnn(-c4ccc(C)cc4)c3C(F)(F)F)c3ncnc(N)c23)cc1.Cc1ccc(Cn2nc(C)cc2C(=O)NCC(C)(C)n2nc(-c3ccc(C)cc3)c3c(N)ncnc32)cc1. The molecule has 12 N–H and O–H groups in total. The van der Waals surface area contributed by atoms with Gasteiger partial charge >= 0.3 is 12.4 Å². The molecule has 18 rings (SSSR count). The lowest BCUT2D eigenvalue weighted by Crippen LogP contribution is -2.42. The molecule has 0 bridgehead atoms. The zero-order chi connectivity index (χ0) is 107. The summed E-state index contributed by atoms with van der Waals surface area (Å²) in [6.45, 7) is 33.4. The van der Waals surface area contributed by atoms with E-state index in [0.29, 0.717) is 117 Å². The van der Waals surface area contributed by atoms with E-state index < -0.39 is 68.8 Å². The minimum absolute atomic E-state index is 0.0408. The number of anilines is 4. The van der Waals surface area contributed by atoms with Gasteiger partial charge in [-0.15, -0.1) is 0 Å². The Morgan fingerprint density at radius 1 is 0.336 bits per heavy atom. The quantitative estimate of drug-likeness (QED) is 0.0167. The van der Waals surface area contributed by atoms with E-state index in [1.807, 2.05) is 189 Å². The zero-order valence-corrected chi connectivity index (χ0v) is 85.5. The average Bonchev–Trinajstić information content (AvgIpc) is 1.60. The lowest BCUT2D eigenvalue weighted by atomic mass is 10.1. The highest BCUT2D eigenvalue weighted by Gasteiger charge is 2.44. The number of ketones is 1. The van der Waals surface area contributed by atoms with Crippen LogP contribution in [0.5, 0.6) is 0 Å². The summed E-state index contributed by atoms with van der Waals surface area (Å²) in [7, 11) is 0. The molecule has 4 amide bonds. The number of nitrogens with zero attached hydrogens (tertiary/aromatic N) is 22. The summed E-state index contributed by atoms with van der Waals surface area (Å²) >= 11 is 0. The van der Waals surface area contributed by atoms with Gasteiger partial charge in [0, 0.05) is 61.3 Å². The number of hydrogen-bond donors (Lipinski definition) is 8. The summed E-state index contributed by atoms with van der Waals surface area (Å²) in [5, 5.41) is 45.5. The molecular weight excluding hydrogens is 1910 g/mol. The van der Waals surface area contributed by atoms with Gasteiger partial charge in [-0.2, -0.15) is 62.0 Å². The van der Waals surface area contributed by atoms with Crippen LogP contribution in [-0.4, -0.2) is 164 Å². The number of alkyl halides is 6. The predicted molar refractivity (Wildman–Crippen MR) is 560 cm³/mol. The van der Waals surface area contributed by atoms with Gasteiger partial charge < -0.3 is 49.0 Å². The largest absolute Gasteiger partial charge is 0.434 e.